The van der Waals surface area contributed by atoms with Gasteiger partial charge in [0.25, 0.3) is 4.84 Å². The average molecular weight is 299 g/mol. The molecule has 3 aromatic rings. The van der Waals surface area contributed by atoms with Crippen molar-refractivity contribution in [3.8, 4) is 28.5 Å². The molecule has 1 N–H and O–H groups in total. The van der Waals surface area contributed by atoms with Gasteiger partial charge in [-0.2, -0.15) is 0 Å². The number of methoxy groups -OCH3 is 1. The zero-order valence-corrected chi connectivity index (χ0v) is 12.4. The Labute approximate surface area is 126 Å². The van der Waals surface area contributed by atoms with Crippen LogP contribution in [0.1, 0.15) is 5.69 Å². The zero-order chi connectivity index (χ0) is 14.8. The molecule has 6 heteroatoms. The van der Waals surface area contributed by atoms with E-state index in [9.17, 15) is 0 Å². The van der Waals surface area contributed by atoms with E-state index in [2.05, 4.69) is 15.2 Å². The SMILES string of the molecule is COc1cccc(-c2ccc(-c3n[nH]c(=S)o3)c(C)n2)c1. The highest BCUT2D eigenvalue weighted by atomic mass is 32.1. The number of aromatic amines is 1. The van der Waals surface area contributed by atoms with Gasteiger partial charge in [0.05, 0.1) is 24.1 Å². The molecule has 0 fully saturated rings. The monoisotopic (exact) mass is 299 g/mol. The lowest BCUT2D eigenvalue weighted by Crippen LogP contribution is -1.92. The fraction of sp³-hybridized carbons (Fsp3) is 0.133. The van der Waals surface area contributed by atoms with Crippen LogP contribution in [-0.2, 0) is 0 Å². The maximum Gasteiger partial charge on any atom is 0.284 e. The van der Waals surface area contributed by atoms with Crippen LogP contribution in [0.5, 0.6) is 5.75 Å². The van der Waals surface area contributed by atoms with Crippen LogP contribution in [0.15, 0.2) is 40.8 Å². The van der Waals surface area contributed by atoms with Gasteiger partial charge in [-0.3, -0.25) is 4.98 Å². The molecule has 0 saturated carbocycles. The lowest BCUT2D eigenvalue weighted by molar-refractivity contribution is 0.415. The van der Waals surface area contributed by atoms with Crippen molar-refractivity contribution in [3.63, 3.8) is 0 Å². The minimum Gasteiger partial charge on any atom is -0.497 e. The molecule has 0 atom stereocenters. The molecule has 0 radical (unpaired) electrons. The van der Waals surface area contributed by atoms with E-state index in [4.69, 9.17) is 21.4 Å². The van der Waals surface area contributed by atoms with Gasteiger partial charge in [0.1, 0.15) is 5.75 Å². The van der Waals surface area contributed by atoms with Crippen molar-refractivity contribution in [2.75, 3.05) is 7.11 Å². The van der Waals surface area contributed by atoms with Gasteiger partial charge in [-0.1, -0.05) is 12.1 Å². The summed E-state index contributed by atoms with van der Waals surface area (Å²) in [5, 5.41) is 6.63. The van der Waals surface area contributed by atoms with E-state index in [1.165, 1.54) is 0 Å². The number of benzene rings is 1. The van der Waals surface area contributed by atoms with Crippen molar-refractivity contribution in [1.82, 2.24) is 15.2 Å². The Morgan fingerprint density at radius 2 is 2.10 bits per heavy atom. The number of hydrogen-bond donors (Lipinski definition) is 1. The number of ether oxygens (including phenoxy) is 1. The fourth-order valence-electron chi connectivity index (χ4n) is 2.08. The summed E-state index contributed by atoms with van der Waals surface area (Å²) in [5.41, 5.74) is 3.49. The number of aromatic nitrogens is 3. The molecular weight excluding hydrogens is 286 g/mol. The molecule has 0 spiro atoms. The van der Waals surface area contributed by atoms with Crippen LogP contribution in [0.25, 0.3) is 22.7 Å². The van der Waals surface area contributed by atoms with Crippen LogP contribution in [0, 0.1) is 11.8 Å². The average Bonchev–Trinajstić information content (AvgIpc) is 2.93. The lowest BCUT2D eigenvalue weighted by Gasteiger charge is -2.06. The predicted molar refractivity (Wildman–Crippen MR) is 81.6 cm³/mol. The van der Waals surface area contributed by atoms with Gasteiger partial charge in [-0.05, 0) is 43.4 Å². The van der Waals surface area contributed by atoms with Crippen molar-refractivity contribution in [1.29, 1.82) is 0 Å². The van der Waals surface area contributed by atoms with Crippen molar-refractivity contribution in [3.05, 3.63) is 46.9 Å². The molecular formula is C15H13N3O2S. The summed E-state index contributed by atoms with van der Waals surface area (Å²) in [6.45, 7) is 1.91. The molecule has 0 aliphatic carbocycles. The van der Waals surface area contributed by atoms with Crippen molar-refractivity contribution >= 4 is 12.2 Å². The van der Waals surface area contributed by atoms with E-state index in [1.807, 2.05) is 43.3 Å². The normalized spacial score (nSPS) is 10.6. The summed E-state index contributed by atoms with van der Waals surface area (Å²) in [5.74, 6) is 1.25. The number of hydrogen-bond acceptors (Lipinski definition) is 5. The van der Waals surface area contributed by atoms with Gasteiger partial charge >= 0.3 is 0 Å². The minimum absolute atomic E-state index is 0.251. The smallest absolute Gasteiger partial charge is 0.284 e. The first-order valence-electron chi connectivity index (χ1n) is 6.35. The van der Waals surface area contributed by atoms with E-state index in [0.717, 1.165) is 28.3 Å². The fourth-order valence-corrected chi connectivity index (χ4v) is 2.20. The maximum absolute atomic E-state index is 5.32. The molecule has 3 rings (SSSR count). The summed E-state index contributed by atoms with van der Waals surface area (Å²) in [6.07, 6.45) is 0. The van der Waals surface area contributed by atoms with E-state index < -0.39 is 0 Å². The van der Waals surface area contributed by atoms with Crippen molar-refractivity contribution in [2.24, 2.45) is 0 Å². The molecule has 0 unspecified atom stereocenters. The second-order valence-corrected chi connectivity index (χ2v) is 4.85. The van der Waals surface area contributed by atoms with Crippen molar-refractivity contribution in [2.45, 2.75) is 6.92 Å². The van der Waals surface area contributed by atoms with Crippen LogP contribution in [0.3, 0.4) is 0 Å². The van der Waals surface area contributed by atoms with Gasteiger partial charge < -0.3 is 9.15 Å². The molecule has 21 heavy (non-hydrogen) atoms. The molecule has 0 saturated heterocycles. The van der Waals surface area contributed by atoms with Gasteiger partial charge in [0, 0.05) is 5.56 Å². The van der Waals surface area contributed by atoms with Gasteiger partial charge in [0.2, 0.25) is 5.89 Å². The highest BCUT2D eigenvalue weighted by Crippen LogP contribution is 2.26. The summed E-state index contributed by atoms with van der Waals surface area (Å²) < 4.78 is 10.6. The van der Waals surface area contributed by atoms with E-state index in [0.29, 0.717) is 5.89 Å². The van der Waals surface area contributed by atoms with E-state index in [1.54, 1.807) is 7.11 Å². The highest BCUT2D eigenvalue weighted by molar-refractivity contribution is 7.71. The number of rotatable bonds is 3. The van der Waals surface area contributed by atoms with Crippen LogP contribution in [0.4, 0.5) is 0 Å². The molecule has 0 aliphatic heterocycles. The quantitative estimate of drug-likeness (QED) is 0.746. The van der Waals surface area contributed by atoms with Gasteiger partial charge in [0.15, 0.2) is 0 Å². The summed E-state index contributed by atoms with van der Waals surface area (Å²) >= 11 is 4.89. The Hall–Kier alpha value is -2.47. The minimum atomic E-state index is 0.251. The Balaban J connectivity index is 2.02. The maximum atomic E-state index is 5.32. The molecule has 0 bridgehead atoms. The molecule has 2 heterocycles. The Morgan fingerprint density at radius 3 is 2.76 bits per heavy atom. The number of nitrogens with zero attached hydrogens (tertiary/aromatic N) is 2. The molecule has 1 aromatic carbocycles. The van der Waals surface area contributed by atoms with Crippen molar-refractivity contribution < 1.29 is 9.15 Å². The third kappa shape index (κ3) is 2.71. The number of pyridine rings is 1. The summed E-state index contributed by atoms with van der Waals surface area (Å²) in [7, 11) is 1.65. The van der Waals surface area contributed by atoms with Crippen LogP contribution >= 0.6 is 12.2 Å². The van der Waals surface area contributed by atoms with Gasteiger partial charge in [-0.15, -0.1) is 5.10 Å². The molecule has 2 aromatic heterocycles. The Kier molecular flexibility index (Phi) is 3.53. The van der Waals surface area contributed by atoms with E-state index in [-0.39, 0.29) is 4.84 Å². The number of nitrogens with one attached hydrogen (secondary N) is 1. The standard InChI is InChI=1S/C15H13N3O2S/c1-9-12(14-17-18-15(21)20-14)6-7-13(16-9)10-4-3-5-11(8-10)19-2/h3-8H,1-2H3,(H,18,21). The number of aryl methyl sites for hydroxylation is 1. The second-order valence-electron chi connectivity index (χ2n) is 4.48. The zero-order valence-electron chi connectivity index (χ0n) is 11.6. The largest absolute Gasteiger partial charge is 0.497 e. The molecule has 0 amide bonds. The Bertz CT molecular complexity index is 839. The predicted octanol–water partition coefficient (Wildman–Crippen LogP) is 3.78. The number of H-pyrrole nitrogens is 1. The molecule has 5 nitrogen and oxygen atoms in total. The van der Waals surface area contributed by atoms with Crippen LogP contribution in [0.2, 0.25) is 0 Å². The third-order valence-corrected chi connectivity index (χ3v) is 3.29. The first-order valence-corrected chi connectivity index (χ1v) is 6.76. The van der Waals surface area contributed by atoms with Crippen LogP contribution < -0.4 is 4.74 Å². The molecule has 0 aliphatic rings. The van der Waals surface area contributed by atoms with E-state index >= 15 is 0 Å². The lowest BCUT2D eigenvalue weighted by atomic mass is 10.1. The summed E-state index contributed by atoms with van der Waals surface area (Å²) in [4.78, 5) is 4.85. The van der Waals surface area contributed by atoms with Gasteiger partial charge in [-0.25, -0.2) is 5.10 Å². The highest BCUT2D eigenvalue weighted by Gasteiger charge is 2.10. The topological polar surface area (TPSA) is 63.9 Å². The first-order chi connectivity index (χ1) is 10.2. The Morgan fingerprint density at radius 1 is 1.24 bits per heavy atom. The first kappa shape index (κ1) is 13.5. The third-order valence-electron chi connectivity index (χ3n) is 3.12. The van der Waals surface area contributed by atoms with Crippen LogP contribution in [-0.4, -0.2) is 22.3 Å². The summed E-state index contributed by atoms with van der Waals surface area (Å²) in [6, 6.07) is 11.6. The molecule has 106 valence electrons. The second kappa shape index (κ2) is 5.49.